The van der Waals surface area contributed by atoms with Gasteiger partial charge in [-0.15, -0.1) is 6.42 Å². The number of methoxy groups -OCH3 is 1. The smallest absolute Gasteiger partial charge is 0.130 e. The Morgan fingerprint density at radius 3 is 2.75 bits per heavy atom. The molecule has 5 atom stereocenters. The van der Waals surface area contributed by atoms with Crippen LogP contribution in [0, 0.1) is 36.5 Å². The highest BCUT2D eigenvalue weighted by Gasteiger charge is 2.61. The van der Waals surface area contributed by atoms with Gasteiger partial charge in [0.05, 0.1) is 7.11 Å². The molecule has 0 amide bonds. The first-order valence-electron chi connectivity index (χ1n) is 9.31. The van der Waals surface area contributed by atoms with Crippen LogP contribution in [0.25, 0.3) is 0 Å². The van der Waals surface area contributed by atoms with Gasteiger partial charge in [0.2, 0.25) is 0 Å². The minimum Gasteiger partial charge on any atom is -0.497 e. The Balaban J connectivity index is 1.74. The standard InChI is InChI=1S/C22H28O2/c1-5-22(23)11-9-19-17-7-6-15-13-16(24-4)12-14(2)20(15)18(17)8-10-21(19,22)3/h1,12-13,17-19,23H,6-11H2,2-4H3/t17-,18+,19-,21-,22+/m1/s1. The summed E-state index contributed by atoms with van der Waals surface area (Å²) in [7, 11) is 1.75. The third-order valence-electron chi connectivity index (χ3n) is 7.63. The second-order valence-corrected chi connectivity index (χ2v) is 8.43. The molecular formula is C22H28O2. The van der Waals surface area contributed by atoms with Crippen molar-refractivity contribution >= 4 is 0 Å². The Bertz CT molecular complexity index is 715. The van der Waals surface area contributed by atoms with E-state index in [2.05, 4.69) is 31.9 Å². The number of aryl methyl sites for hydroxylation is 2. The van der Waals surface area contributed by atoms with Crippen LogP contribution < -0.4 is 4.74 Å². The molecule has 1 aromatic rings. The second kappa shape index (κ2) is 5.27. The fraction of sp³-hybridized carbons (Fsp3) is 0.636. The molecule has 0 radical (unpaired) electrons. The van der Waals surface area contributed by atoms with E-state index >= 15 is 0 Å². The Labute approximate surface area is 145 Å². The predicted octanol–water partition coefficient (Wildman–Crippen LogP) is 4.22. The van der Waals surface area contributed by atoms with Gasteiger partial charge >= 0.3 is 0 Å². The van der Waals surface area contributed by atoms with Gasteiger partial charge < -0.3 is 9.84 Å². The lowest BCUT2D eigenvalue weighted by Crippen LogP contribution is -2.50. The molecule has 1 aromatic carbocycles. The largest absolute Gasteiger partial charge is 0.497 e. The van der Waals surface area contributed by atoms with Crippen LogP contribution in [0.5, 0.6) is 5.75 Å². The molecule has 24 heavy (non-hydrogen) atoms. The zero-order valence-corrected chi connectivity index (χ0v) is 15.1. The number of ether oxygens (including phenoxy) is 1. The van der Waals surface area contributed by atoms with E-state index in [0.29, 0.717) is 17.8 Å². The Kier molecular flexibility index (Phi) is 3.52. The Morgan fingerprint density at radius 1 is 1.25 bits per heavy atom. The molecule has 3 aliphatic carbocycles. The second-order valence-electron chi connectivity index (χ2n) is 8.43. The fourth-order valence-corrected chi connectivity index (χ4v) is 6.31. The van der Waals surface area contributed by atoms with E-state index in [1.54, 1.807) is 12.7 Å². The van der Waals surface area contributed by atoms with Crippen molar-refractivity contribution in [3.63, 3.8) is 0 Å². The molecule has 3 aliphatic rings. The number of hydrogen-bond donors (Lipinski definition) is 1. The lowest BCUT2D eigenvalue weighted by molar-refractivity contribution is -0.0647. The van der Waals surface area contributed by atoms with E-state index in [9.17, 15) is 5.11 Å². The number of aliphatic hydroxyl groups is 1. The molecule has 0 bridgehead atoms. The summed E-state index contributed by atoms with van der Waals surface area (Å²) >= 11 is 0. The molecule has 0 heterocycles. The highest BCUT2D eigenvalue weighted by molar-refractivity contribution is 5.46. The number of hydrogen-bond acceptors (Lipinski definition) is 2. The maximum Gasteiger partial charge on any atom is 0.130 e. The van der Waals surface area contributed by atoms with Crippen molar-refractivity contribution in [1.82, 2.24) is 0 Å². The van der Waals surface area contributed by atoms with Crippen LogP contribution in [0.2, 0.25) is 0 Å². The maximum absolute atomic E-state index is 11.0. The van der Waals surface area contributed by atoms with Crippen LogP contribution in [-0.4, -0.2) is 17.8 Å². The van der Waals surface area contributed by atoms with Gasteiger partial charge in [0.1, 0.15) is 11.4 Å². The summed E-state index contributed by atoms with van der Waals surface area (Å²) in [6, 6.07) is 4.42. The summed E-state index contributed by atoms with van der Waals surface area (Å²) in [4.78, 5) is 0. The van der Waals surface area contributed by atoms with Crippen molar-refractivity contribution in [2.75, 3.05) is 7.11 Å². The normalized spacial score (nSPS) is 40.2. The Morgan fingerprint density at radius 2 is 2.04 bits per heavy atom. The monoisotopic (exact) mass is 324 g/mol. The first-order valence-corrected chi connectivity index (χ1v) is 9.31. The lowest BCUT2D eigenvalue weighted by atomic mass is 9.53. The van der Waals surface area contributed by atoms with Crippen molar-refractivity contribution in [2.45, 2.75) is 63.9 Å². The first kappa shape index (κ1) is 16.0. The molecular weight excluding hydrogens is 296 g/mol. The SMILES string of the molecule is C#C[C@]1(O)CC[C@@H]2[C@@H]3CCc4cc(OC)cc(C)c4[C@H]3CC[C@]21C. The van der Waals surface area contributed by atoms with Gasteiger partial charge in [0.25, 0.3) is 0 Å². The Hall–Kier alpha value is -1.46. The molecule has 2 fully saturated rings. The van der Waals surface area contributed by atoms with Crippen molar-refractivity contribution in [1.29, 1.82) is 0 Å². The van der Waals surface area contributed by atoms with Gasteiger partial charge in [-0.2, -0.15) is 0 Å². The molecule has 4 rings (SSSR count). The lowest BCUT2D eigenvalue weighted by Gasteiger charge is -2.52. The third kappa shape index (κ3) is 1.94. The quantitative estimate of drug-likeness (QED) is 0.784. The molecule has 0 aromatic heterocycles. The van der Waals surface area contributed by atoms with Gasteiger partial charge in [0, 0.05) is 5.41 Å². The van der Waals surface area contributed by atoms with Gasteiger partial charge in [-0.3, -0.25) is 0 Å². The molecule has 0 saturated heterocycles. The van der Waals surface area contributed by atoms with E-state index in [1.165, 1.54) is 17.5 Å². The van der Waals surface area contributed by atoms with Gasteiger partial charge in [-0.25, -0.2) is 0 Å². The zero-order chi connectivity index (χ0) is 17.1. The number of rotatable bonds is 1. The highest BCUT2D eigenvalue weighted by atomic mass is 16.5. The third-order valence-corrected chi connectivity index (χ3v) is 7.63. The van der Waals surface area contributed by atoms with E-state index in [0.717, 1.165) is 37.9 Å². The van der Waals surface area contributed by atoms with Crippen LogP contribution in [0.15, 0.2) is 12.1 Å². The molecule has 0 spiro atoms. The van der Waals surface area contributed by atoms with Crippen LogP contribution >= 0.6 is 0 Å². The summed E-state index contributed by atoms with van der Waals surface area (Å²) in [5.41, 5.74) is 3.39. The summed E-state index contributed by atoms with van der Waals surface area (Å²) < 4.78 is 5.47. The summed E-state index contributed by atoms with van der Waals surface area (Å²) in [5.74, 6) is 5.57. The maximum atomic E-state index is 11.0. The van der Waals surface area contributed by atoms with Gasteiger partial charge in [-0.1, -0.05) is 12.8 Å². The van der Waals surface area contributed by atoms with Crippen molar-refractivity contribution in [3.05, 3.63) is 28.8 Å². The number of fused-ring (bicyclic) bond motifs is 5. The molecule has 1 N–H and O–H groups in total. The molecule has 2 nitrogen and oxygen atoms in total. The van der Waals surface area contributed by atoms with E-state index < -0.39 is 5.60 Å². The van der Waals surface area contributed by atoms with E-state index in [1.807, 2.05) is 0 Å². The summed E-state index contributed by atoms with van der Waals surface area (Å²) in [6.07, 6.45) is 12.1. The minimum absolute atomic E-state index is 0.110. The van der Waals surface area contributed by atoms with Crippen LogP contribution in [-0.2, 0) is 6.42 Å². The van der Waals surface area contributed by atoms with Crippen LogP contribution in [0.3, 0.4) is 0 Å². The van der Waals surface area contributed by atoms with Crippen LogP contribution in [0.1, 0.15) is 61.6 Å². The minimum atomic E-state index is -0.905. The molecule has 0 aliphatic heterocycles. The fourth-order valence-electron chi connectivity index (χ4n) is 6.31. The summed E-state index contributed by atoms with van der Waals surface area (Å²) in [6.45, 7) is 4.47. The first-order chi connectivity index (χ1) is 11.4. The average Bonchev–Trinajstić information content (AvgIpc) is 2.86. The van der Waals surface area contributed by atoms with Crippen molar-refractivity contribution in [3.8, 4) is 18.1 Å². The molecule has 2 saturated carbocycles. The number of terminal acetylenes is 1. The number of benzene rings is 1. The summed E-state index contributed by atoms with van der Waals surface area (Å²) in [5, 5.41) is 11.0. The molecule has 128 valence electrons. The van der Waals surface area contributed by atoms with E-state index in [4.69, 9.17) is 11.2 Å². The van der Waals surface area contributed by atoms with Crippen molar-refractivity contribution in [2.24, 2.45) is 17.3 Å². The van der Waals surface area contributed by atoms with Gasteiger partial charge in [-0.05, 0) is 92.0 Å². The molecule has 2 heteroatoms. The van der Waals surface area contributed by atoms with Gasteiger partial charge in [0.15, 0.2) is 0 Å². The van der Waals surface area contributed by atoms with Crippen LogP contribution in [0.4, 0.5) is 0 Å². The highest BCUT2D eigenvalue weighted by Crippen LogP contribution is 2.64. The predicted molar refractivity (Wildman–Crippen MR) is 96.1 cm³/mol. The van der Waals surface area contributed by atoms with Crippen molar-refractivity contribution < 1.29 is 9.84 Å². The van der Waals surface area contributed by atoms with E-state index in [-0.39, 0.29) is 5.41 Å². The molecule has 0 unspecified atom stereocenters. The topological polar surface area (TPSA) is 29.5 Å². The average molecular weight is 324 g/mol. The zero-order valence-electron chi connectivity index (χ0n) is 15.1.